The summed E-state index contributed by atoms with van der Waals surface area (Å²) in [7, 11) is 0. The number of rotatable bonds is 4. The average Bonchev–Trinajstić information content (AvgIpc) is 3.21. The van der Waals surface area contributed by atoms with Crippen molar-refractivity contribution in [3.8, 4) is 5.69 Å². The lowest BCUT2D eigenvalue weighted by atomic mass is 10.1. The van der Waals surface area contributed by atoms with Crippen LogP contribution < -0.4 is 0 Å². The second kappa shape index (κ2) is 7.72. The number of carbonyl (C=O) groups excluding carboxylic acids is 1. The van der Waals surface area contributed by atoms with Crippen LogP contribution in [0, 0.1) is 33.1 Å². The van der Waals surface area contributed by atoms with E-state index in [1.165, 1.54) is 27.9 Å². The van der Waals surface area contributed by atoms with Crippen molar-refractivity contribution in [2.45, 2.75) is 47.5 Å². The number of hydrogen-bond donors (Lipinski definition) is 1. The van der Waals surface area contributed by atoms with E-state index in [0.717, 1.165) is 40.5 Å². The Morgan fingerprint density at radius 3 is 2.60 bits per heavy atom. The molecule has 3 heterocycles. The van der Waals surface area contributed by atoms with Crippen molar-refractivity contribution in [3.05, 3.63) is 57.9 Å². The molecule has 2 aliphatic rings. The third-order valence-electron chi connectivity index (χ3n) is 5.48. The number of carbonyl (C=O) groups is 1. The Hall–Kier alpha value is -2.93. The summed E-state index contributed by atoms with van der Waals surface area (Å²) < 4.78 is 2.17. The molecule has 30 heavy (non-hydrogen) atoms. The summed E-state index contributed by atoms with van der Waals surface area (Å²) in [6.07, 6.45) is 3.54. The number of aromatic nitrogens is 1. The predicted molar refractivity (Wildman–Crippen MR) is 125 cm³/mol. The molecule has 6 nitrogen and oxygen atoms in total. The summed E-state index contributed by atoms with van der Waals surface area (Å²) in [6.45, 7) is 10.4. The van der Waals surface area contributed by atoms with E-state index in [9.17, 15) is 4.79 Å². The summed E-state index contributed by atoms with van der Waals surface area (Å²) in [5.74, 6) is -0.303. The maximum atomic E-state index is 12.7. The van der Waals surface area contributed by atoms with Gasteiger partial charge in [-0.2, -0.15) is 15.1 Å². The third-order valence-corrected chi connectivity index (χ3v) is 6.45. The van der Waals surface area contributed by atoms with E-state index in [1.807, 2.05) is 19.9 Å². The van der Waals surface area contributed by atoms with E-state index < -0.39 is 0 Å². The number of amides is 1. The normalized spacial score (nSPS) is 17.5. The van der Waals surface area contributed by atoms with E-state index in [4.69, 9.17) is 5.41 Å². The highest BCUT2D eigenvalue weighted by Crippen LogP contribution is 2.31. The van der Waals surface area contributed by atoms with Gasteiger partial charge in [-0.3, -0.25) is 10.2 Å². The molecule has 0 atom stereocenters. The number of fused-ring (bicyclic) bond motifs is 1. The van der Waals surface area contributed by atoms with Crippen LogP contribution in [0.4, 0.5) is 0 Å². The standard InChI is InChI=1S/C23H25N5OS/c1-6-7-20-26-28-21(24)19(22(29)25-23(28)30-20)12-17-11-15(4)27(16(17)5)18-9-8-13(2)14(3)10-18/h8-12,24H,6-7H2,1-5H3/b19-12-,24-21?. The fourth-order valence-corrected chi connectivity index (χ4v) is 4.68. The Labute approximate surface area is 180 Å². The maximum absolute atomic E-state index is 12.7. The van der Waals surface area contributed by atoms with Gasteiger partial charge in [0.05, 0.1) is 5.57 Å². The second-order valence-electron chi connectivity index (χ2n) is 7.69. The smallest absolute Gasteiger partial charge is 0.283 e. The minimum atomic E-state index is -0.386. The molecule has 154 valence electrons. The van der Waals surface area contributed by atoms with Crippen LogP contribution in [0.2, 0.25) is 0 Å². The molecule has 2 aliphatic heterocycles. The van der Waals surface area contributed by atoms with Crippen molar-refractivity contribution in [2.24, 2.45) is 10.1 Å². The summed E-state index contributed by atoms with van der Waals surface area (Å²) >= 11 is 1.38. The molecule has 1 amide bonds. The Morgan fingerprint density at radius 2 is 1.90 bits per heavy atom. The largest absolute Gasteiger partial charge is 0.318 e. The van der Waals surface area contributed by atoms with Crippen molar-refractivity contribution >= 4 is 39.8 Å². The molecule has 4 rings (SSSR count). The Balaban J connectivity index is 1.73. The number of nitrogens with zero attached hydrogens (tertiary/aromatic N) is 4. The lowest BCUT2D eigenvalue weighted by molar-refractivity contribution is -0.114. The zero-order valence-electron chi connectivity index (χ0n) is 17.9. The van der Waals surface area contributed by atoms with Gasteiger partial charge in [0.25, 0.3) is 5.91 Å². The number of thioether (sulfide) groups is 1. The zero-order valence-corrected chi connectivity index (χ0v) is 18.7. The number of aryl methyl sites for hydroxylation is 3. The van der Waals surface area contributed by atoms with Crippen molar-refractivity contribution in [2.75, 3.05) is 0 Å². The summed E-state index contributed by atoms with van der Waals surface area (Å²) in [6, 6.07) is 8.44. The minimum Gasteiger partial charge on any atom is -0.318 e. The van der Waals surface area contributed by atoms with Crippen molar-refractivity contribution in [1.29, 1.82) is 5.41 Å². The van der Waals surface area contributed by atoms with Gasteiger partial charge in [0, 0.05) is 17.1 Å². The molecule has 2 aromatic rings. The first-order valence-corrected chi connectivity index (χ1v) is 10.9. The number of hydrogen-bond acceptors (Lipinski definition) is 4. The summed E-state index contributed by atoms with van der Waals surface area (Å²) in [5, 5.41) is 15.9. The first-order chi connectivity index (χ1) is 14.3. The van der Waals surface area contributed by atoms with Crippen LogP contribution in [0.3, 0.4) is 0 Å². The fraction of sp³-hybridized carbons (Fsp3) is 0.304. The van der Waals surface area contributed by atoms with Crippen molar-refractivity contribution in [3.63, 3.8) is 0 Å². The van der Waals surface area contributed by atoms with Gasteiger partial charge in [-0.05, 0) is 93.3 Å². The maximum Gasteiger partial charge on any atom is 0.283 e. The highest BCUT2D eigenvalue weighted by Gasteiger charge is 2.35. The molecule has 0 aliphatic carbocycles. The molecule has 0 unspecified atom stereocenters. The molecule has 0 saturated heterocycles. The second-order valence-corrected chi connectivity index (χ2v) is 8.73. The van der Waals surface area contributed by atoms with Crippen LogP contribution in [0.25, 0.3) is 11.8 Å². The van der Waals surface area contributed by atoms with Crippen LogP contribution in [0.5, 0.6) is 0 Å². The topological polar surface area (TPSA) is 73.8 Å². The van der Waals surface area contributed by atoms with E-state index in [2.05, 4.69) is 53.6 Å². The van der Waals surface area contributed by atoms with Gasteiger partial charge in [0.1, 0.15) is 5.04 Å². The molecule has 0 radical (unpaired) electrons. The summed E-state index contributed by atoms with van der Waals surface area (Å²) in [5.41, 5.74) is 6.84. The van der Waals surface area contributed by atoms with E-state index in [1.54, 1.807) is 6.08 Å². The molecular weight excluding hydrogens is 394 g/mol. The molecule has 0 saturated carbocycles. The van der Waals surface area contributed by atoms with Gasteiger partial charge < -0.3 is 4.57 Å². The summed E-state index contributed by atoms with van der Waals surface area (Å²) in [4.78, 5) is 16.9. The Kier molecular flexibility index (Phi) is 5.24. The number of benzene rings is 1. The molecular formula is C23H25N5OS. The van der Waals surface area contributed by atoms with Crippen LogP contribution >= 0.6 is 11.8 Å². The van der Waals surface area contributed by atoms with Crippen LogP contribution in [0.15, 0.2) is 39.9 Å². The average molecular weight is 420 g/mol. The predicted octanol–water partition coefficient (Wildman–Crippen LogP) is 5.13. The van der Waals surface area contributed by atoms with Gasteiger partial charge in [-0.1, -0.05) is 13.0 Å². The molecule has 0 fully saturated rings. The number of aliphatic imine (C=N–C) groups is 1. The fourth-order valence-electron chi connectivity index (χ4n) is 3.70. The van der Waals surface area contributed by atoms with Gasteiger partial charge in [-0.15, -0.1) is 0 Å². The minimum absolute atomic E-state index is 0.0830. The first-order valence-electron chi connectivity index (χ1n) is 10.1. The van der Waals surface area contributed by atoms with Gasteiger partial charge >= 0.3 is 0 Å². The SMILES string of the molecule is CCCC1=NN2C(=N)/C(=C/c3cc(C)n(-c4ccc(C)c(C)c4)c3C)C(=O)N=C2S1. The number of nitrogens with one attached hydrogen (secondary N) is 1. The van der Waals surface area contributed by atoms with Crippen molar-refractivity contribution in [1.82, 2.24) is 9.58 Å². The monoisotopic (exact) mass is 419 g/mol. The first kappa shape index (κ1) is 20.3. The van der Waals surface area contributed by atoms with E-state index >= 15 is 0 Å². The Bertz CT molecular complexity index is 1170. The van der Waals surface area contributed by atoms with Gasteiger partial charge in [0.2, 0.25) is 5.17 Å². The van der Waals surface area contributed by atoms with E-state index in [0.29, 0.717) is 5.17 Å². The van der Waals surface area contributed by atoms with Crippen LogP contribution in [-0.4, -0.2) is 31.5 Å². The van der Waals surface area contributed by atoms with E-state index in [-0.39, 0.29) is 17.3 Å². The van der Waals surface area contributed by atoms with Crippen LogP contribution in [-0.2, 0) is 4.79 Å². The van der Waals surface area contributed by atoms with Crippen molar-refractivity contribution < 1.29 is 4.79 Å². The molecule has 0 spiro atoms. The number of amidine groups is 2. The molecule has 1 N–H and O–H groups in total. The zero-order chi connectivity index (χ0) is 21.6. The van der Waals surface area contributed by atoms with Crippen LogP contribution in [0.1, 0.15) is 47.8 Å². The molecule has 7 heteroatoms. The lowest BCUT2D eigenvalue weighted by Gasteiger charge is -2.20. The quantitative estimate of drug-likeness (QED) is 0.698. The number of hydrazone groups is 1. The Morgan fingerprint density at radius 1 is 1.13 bits per heavy atom. The molecule has 1 aromatic heterocycles. The highest BCUT2D eigenvalue weighted by atomic mass is 32.2. The van der Waals surface area contributed by atoms with Gasteiger partial charge in [-0.25, -0.2) is 0 Å². The highest BCUT2D eigenvalue weighted by molar-refractivity contribution is 8.26. The molecule has 1 aromatic carbocycles. The van der Waals surface area contributed by atoms with Gasteiger partial charge in [0.15, 0.2) is 5.84 Å². The lowest BCUT2D eigenvalue weighted by Crippen LogP contribution is -2.35. The molecule has 0 bridgehead atoms. The third kappa shape index (κ3) is 3.43.